The quantitative estimate of drug-likeness (QED) is 0.0872. The van der Waals surface area contributed by atoms with Gasteiger partial charge in [-0.25, -0.2) is 18.8 Å². The van der Waals surface area contributed by atoms with Crippen LogP contribution >= 0.6 is 0 Å². The number of benzene rings is 6. The lowest BCUT2D eigenvalue weighted by Gasteiger charge is -2.34. The highest BCUT2D eigenvalue weighted by Gasteiger charge is 2.35. The fourth-order valence-electron chi connectivity index (χ4n) is 15.8. The van der Waals surface area contributed by atoms with Crippen LogP contribution in [0.2, 0.25) is 0 Å². The molecule has 0 unspecified atom stereocenters. The van der Waals surface area contributed by atoms with Crippen LogP contribution in [-0.4, -0.2) is 78.4 Å². The van der Waals surface area contributed by atoms with Gasteiger partial charge in [-0.1, -0.05) is 55.0 Å². The van der Waals surface area contributed by atoms with Gasteiger partial charge in [0.1, 0.15) is 60.8 Å². The molecular weight excluding hydrogens is 1340 g/mol. The van der Waals surface area contributed by atoms with Gasteiger partial charge in [-0.05, 0) is 195 Å². The summed E-state index contributed by atoms with van der Waals surface area (Å²) in [5.41, 5.74) is 22.8. The lowest BCUT2D eigenvalue weighted by Crippen LogP contribution is -2.41. The number of aromatic nitrogens is 6. The number of aryl methyl sites for hydroxylation is 5. The van der Waals surface area contributed by atoms with Crippen LogP contribution in [0.15, 0.2) is 208 Å². The summed E-state index contributed by atoms with van der Waals surface area (Å²) in [5.74, 6) is 1.89. The Hall–Kier alpha value is -11.4. The topological polar surface area (TPSA) is 75.9 Å². The molecule has 14 rings (SSSR count). The van der Waals surface area contributed by atoms with E-state index in [0.717, 1.165) is 51.2 Å². The fraction of sp³-hybridized carbons (Fsp3) is 0.355. The van der Waals surface area contributed by atoms with E-state index in [0.29, 0.717) is 47.9 Å². The minimum atomic E-state index is 0.0562. The Balaban J connectivity index is 0.000000145. The smallest absolute Gasteiger partial charge is 0.300 e. The van der Waals surface area contributed by atoms with Crippen molar-refractivity contribution in [2.75, 3.05) is 19.6 Å². The zero-order valence-electron chi connectivity index (χ0n) is 68.9. The Bertz CT molecular complexity index is 5230. The Kier molecular flexibility index (Phi) is 23.5. The molecule has 4 aromatic heterocycles. The highest BCUT2D eigenvalue weighted by molar-refractivity contribution is 5.79. The summed E-state index contributed by atoms with van der Waals surface area (Å²) in [6.07, 6.45) is 26.1. The highest BCUT2D eigenvalue weighted by Crippen LogP contribution is 2.40. The van der Waals surface area contributed by atoms with E-state index >= 15 is 0 Å². The van der Waals surface area contributed by atoms with Crippen molar-refractivity contribution in [2.45, 2.75) is 220 Å². The van der Waals surface area contributed by atoms with Crippen LogP contribution < -0.4 is 37.9 Å². The molecular formula is C93H114N16+4. The first-order chi connectivity index (χ1) is 51.8. The molecule has 4 atom stereocenters. The van der Waals surface area contributed by atoms with Crippen molar-refractivity contribution < 1.29 is 18.3 Å². The van der Waals surface area contributed by atoms with E-state index < -0.39 is 0 Å². The van der Waals surface area contributed by atoms with Crippen LogP contribution in [0.1, 0.15) is 160 Å². The standard InChI is InChI=1S/C28H36N3.C25H27N4.C20H24N5.C20H27N4/c1-19(2)29-15-16-30(22(29)5)26-17-24(28(6,7)8)18-27(21(26)4)31-20(3)13-14-23-11-9-10-12-25(23)31;1-17(2)27-13-14-28(20(27)5)24-15-22(26-6)16-25(19(24)4)29-18(3)11-12-21-9-7-8-10-23(21)29;1-14(2)23-10-11-25(17(23)5)20-13-18(21-6)12-19(15(20)3)24-9-7-8-22-16(24)4;1-14(2)22-10-11-24(18(22)6)20-13-15(3)12-19(16(20)4)23-9-7-8-21-17(23)5/h9-19,22H,1-8H3;7-17,20H,1-5H3;7-14,17H,1-5H3;7-14,18H,1-6H3/q4*+1/t22-;20-;17-;18-/m1111/s1. The summed E-state index contributed by atoms with van der Waals surface area (Å²) in [7, 11) is 0. The molecule has 0 saturated heterocycles. The zero-order chi connectivity index (χ0) is 78.8. The molecule has 6 aromatic carbocycles. The second-order valence-corrected chi connectivity index (χ2v) is 31.6. The maximum Gasteiger partial charge on any atom is 0.300 e. The Morgan fingerprint density at radius 2 is 0.706 bits per heavy atom. The van der Waals surface area contributed by atoms with Gasteiger partial charge < -0.3 is 39.2 Å². The number of rotatable bonds is 12. The van der Waals surface area contributed by atoms with Gasteiger partial charge >= 0.3 is 0 Å². The van der Waals surface area contributed by atoms with Crippen LogP contribution in [0.25, 0.3) is 54.2 Å². The number of nitrogens with zero attached hydrogens (tertiary/aromatic N) is 16. The molecule has 0 bridgehead atoms. The second-order valence-electron chi connectivity index (χ2n) is 31.6. The average molecular weight is 1460 g/mol. The third-order valence-corrected chi connectivity index (χ3v) is 22.0. The predicted molar refractivity (Wildman–Crippen MR) is 449 cm³/mol. The second kappa shape index (κ2) is 32.6. The number of para-hydroxylation sites is 2. The fourth-order valence-corrected chi connectivity index (χ4v) is 15.8. The van der Waals surface area contributed by atoms with Crippen LogP contribution in [0, 0.1) is 75.5 Å². The number of hydrogen-bond acceptors (Lipinski definition) is 10. The zero-order valence-corrected chi connectivity index (χ0v) is 68.9. The van der Waals surface area contributed by atoms with Crippen molar-refractivity contribution in [2.24, 2.45) is 0 Å². The van der Waals surface area contributed by atoms with Crippen molar-refractivity contribution in [1.82, 2.24) is 29.6 Å². The summed E-state index contributed by atoms with van der Waals surface area (Å²) >= 11 is 0. The van der Waals surface area contributed by atoms with Gasteiger partial charge in [0.2, 0.25) is 22.4 Å². The summed E-state index contributed by atoms with van der Waals surface area (Å²) in [4.78, 5) is 35.0. The van der Waals surface area contributed by atoms with E-state index in [1.54, 1.807) is 6.20 Å². The normalized spacial score (nSPS) is 16.6. The molecule has 0 fully saturated rings. The predicted octanol–water partition coefficient (Wildman–Crippen LogP) is 19.5. The molecule has 0 spiro atoms. The van der Waals surface area contributed by atoms with Gasteiger partial charge in [-0.2, -0.15) is 9.13 Å². The summed E-state index contributed by atoms with van der Waals surface area (Å²) < 4.78 is 8.90. The number of anilines is 4. The third-order valence-electron chi connectivity index (χ3n) is 22.0. The molecule has 10 aromatic rings. The molecule has 4 aliphatic heterocycles. The van der Waals surface area contributed by atoms with Gasteiger partial charge in [-0.15, -0.1) is 0 Å². The van der Waals surface area contributed by atoms with Gasteiger partial charge in [0, 0.05) is 200 Å². The van der Waals surface area contributed by atoms with E-state index in [9.17, 15) is 0 Å². The van der Waals surface area contributed by atoms with Gasteiger partial charge in [0.15, 0.2) is 22.8 Å². The molecule has 0 amide bonds. The van der Waals surface area contributed by atoms with Gasteiger partial charge in [0.05, 0.1) is 18.8 Å². The van der Waals surface area contributed by atoms with Crippen molar-refractivity contribution in [3.05, 3.63) is 287 Å². The molecule has 0 saturated carbocycles. The molecule has 4 aliphatic rings. The van der Waals surface area contributed by atoms with Crippen LogP contribution in [-0.2, 0) is 5.41 Å². The first kappa shape index (κ1) is 78.7. The SMILES string of the molecule is Cc1c(N2C=CN(C(C)C)[C@H]2C)cc(C(C)(C)C)cc1-[n+]1c(C)ccc2ccccc21.Cc1cc(N2C=CN(C(C)C)[C@H]2C)c(C)c(-[n+]2cccnc2C)c1.[C-]#[N+]c1cc(N2C=CN(C(C)C)[C@H]2C)c(C)c(-[n+]2c(C)ccc3ccccc32)c1.[C-]#[N+]c1cc(N2C=CN(C(C)C)[C@H]2C)c(C)c(-[n+]2cccnc2C)c1. The van der Waals surface area contributed by atoms with Gasteiger partial charge in [0.25, 0.3) is 11.6 Å². The van der Waals surface area contributed by atoms with Crippen LogP contribution in [0.3, 0.4) is 0 Å². The Labute approximate surface area is 650 Å². The molecule has 16 heteroatoms. The van der Waals surface area contributed by atoms with E-state index in [1.165, 1.54) is 72.5 Å². The first-order valence-corrected chi connectivity index (χ1v) is 38.6. The van der Waals surface area contributed by atoms with Crippen LogP contribution in [0.5, 0.6) is 0 Å². The Morgan fingerprint density at radius 1 is 0.376 bits per heavy atom. The highest BCUT2D eigenvalue weighted by atomic mass is 15.4. The first-order valence-electron chi connectivity index (χ1n) is 38.6. The van der Waals surface area contributed by atoms with Gasteiger partial charge in [-0.3, -0.25) is 0 Å². The monoisotopic (exact) mass is 1450 g/mol. The Morgan fingerprint density at radius 3 is 1.06 bits per heavy atom. The molecule has 562 valence electrons. The number of pyridine rings is 2. The number of fused-ring (bicyclic) bond motifs is 2. The molecule has 16 nitrogen and oxygen atoms in total. The summed E-state index contributed by atoms with van der Waals surface area (Å²) in [5, 5.41) is 2.45. The van der Waals surface area contributed by atoms with Crippen LogP contribution in [0.4, 0.5) is 34.1 Å². The summed E-state index contributed by atoms with van der Waals surface area (Å²) in [6, 6.07) is 48.7. The lowest BCUT2D eigenvalue weighted by atomic mass is 9.85. The molecule has 0 aliphatic carbocycles. The lowest BCUT2D eigenvalue weighted by molar-refractivity contribution is -0.607. The molecule has 8 heterocycles. The maximum absolute atomic E-state index is 7.68. The summed E-state index contributed by atoms with van der Waals surface area (Å²) in [6.45, 7) is 68.0. The van der Waals surface area contributed by atoms with Crippen molar-refractivity contribution in [3.8, 4) is 22.7 Å². The molecule has 109 heavy (non-hydrogen) atoms. The van der Waals surface area contributed by atoms with Crippen molar-refractivity contribution in [3.63, 3.8) is 0 Å². The largest absolute Gasteiger partial charge is 0.353 e. The minimum absolute atomic E-state index is 0.0562. The molecule has 0 N–H and O–H groups in total. The third kappa shape index (κ3) is 16.0. The number of hydrogen-bond donors (Lipinski definition) is 0. The molecule has 0 radical (unpaired) electrons. The minimum Gasteiger partial charge on any atom is -0.353 e. The average Bonchev–Trinajstić information content (AvgIpc) is 1.71. The van der Waals surface area contributed by atoms with Crippen molar-refractivity contribution >= 4 is 55.9 Å². The van der Waals surface area contributed by atoms with Crippen molar-refractivity contribution in [1.29, 1.82) is 0 Å². The van der Waals surface area contributed by atoms with E-state index in [2.05, 4.69) is 378 Å². The van der Waals surface area contributed by atoms with E-state index in [1.807, 2.05) is 67.2 Å². The van der Waals surface area contributed by atoms with E-state index in [-0.39, 0.29) is 17.7 Å². The van der Waals surface area contributed by atoms with E-state index in [4.69, 9.17) is 13.1 Å². The maximum atomic E-state index is 7.68.